The van der Waals surface area contributed by atoms with E-state index in [1.165, 1.54) is 19.2 Å². The summed E-state index contributed by atoms with van der Waals surface area (Å²) in [5.41, 5.74) is -0.0855. The average molecular weight is 183 g/mol. The van der Waals surface area contributed by atoms with Gasteiger partial charge in [0, 0.05) is 0 Å². The fourth-order valence-electron chi connectivity index (χ4n) is 0.819. The lowest BCUT2D eigenvalue weighted by molar-refractivity contribution is 0.403. The maximum absolute atomic E-state index is 12.8. The Morgan fingerprint density at radius 2 is 2.25 bits per heavy atom. The molecule has 0 aromatic heterocycles. The maximum atomic E-state index is 12.8. The van der Waals surface area contributed by atoms with E-state index in [2.05, 4.69) is 12.6 Å². The molecule has 0 amide bonds. The van der Waals surface area contributed by atoms with Crippen molar-refractivity contribution in [2.24, 2.45) is 0 Å². The van der Waals surface area contributed by atoms with Gasteiger partial charge in [0.15, 0.2) is 0 Å². The van der Waals surface area contributed by atoms with Crippen LogP contribution < -0.4 is 4.74 Å². The molecule has 0 aliphatic rings. The summed E-state index contributed by atoms with van der Waals surface area (Å²) in [6.07, 6.45) is 0. The third-order valence-corrected chi connectivity index (χ3v) is 1.87. The molecule has 0 bridgehead atoms. The first-order valence-corrected chi connectivity index (χ1v) is 3.61. The number of nitrogens with zero attached hydrogens (tertiary/aromatic N) is 1. The SMILES string of the molecule is COc1ccc(F)c(C#N)c1S. The minimum Gasteiger partial charge on any atom is -0.496 e. The van der Waals surface area contributed by atoms with Crippen molar-refractivity contribution < 1.29 is 9.13 Å². The number of rotatable bonds is 1. The molecule has 1 aromatic carbocycles. The van der Waals surface area contributed by atoms with Crippen LogP contribution in [-0.2, 0) is 0 Å². The Labute approximate surface area is 75.0 Å². The zero-order valence-corrected chi connectivity index (χ0v) is 7.23. The molecular weight excluding hydrogens is 177 g/mol. The predicted octanol–water partition coefficient (Wildman–Crippen LogP) is 1.99. The fraction of sp³-hybridized carbons (Fsp3) is 0.125. The van der Waals surface area contributed by atoms with Crippen LogP contribution in [-0.4, -0.2) is 7.11 Å². The van der Waals surface area contributed by atoms with Gasteiger partial charge in [-0.3, -0.25) is 0 Å². The van der Waals surface area contributed by atoms with E-state index >= 15 is 0 Å². The van der Waals surface area contributed by atoms with Crippen LogP contribution in [0.5, 0.6) is 5.75 Å². The molecule has 0 heterocycles. The maximum Gasteiger partial charge on any atom is 0.142 e. The van der Waals surface area contributed by atoms with E-state index in [0.717, 1.165) is 0 Å². The summed E-state index contributed by atoms with van der Waals surface area (Å²) < 4.78 is 17.7. The first kappa shape index (κ1) is 8.88. The van der Waals surface area contributed by atoms with Gasteiger partial charge < -0.3 is 4.74 Å². The summed E-state index contributed by atoms with van der Waals surface area (Å²) in [6, 6.07) is 4.31. The lowest BCUT2D eigenvalue weighted by Gasteiger charge is -2.04. The summed E-state index contributed by atoms with van der Waals surface area (Å²) in [5.74, 6) is -0.181. The minimum absolute atomic E-state index is 0.0855. The third-order valence-electron chi connectivity index (χ3n) is 1.42. The van der Waals surface area contributed by atoms with E-state index in [9.17, 15) is 4.39 Å². The summed E-state index contributed by atoms with van der Waals surface area (Å²) in [5, 5.41) is 8.52. The van der Waals surface area contributed by atoms with Crippen molar-refractivity contribution in [3.05, 3.63) is 23.5 Å². The van der Waals surface area contributed by atoms with Gasteiger partial charge in [-0.1, -0.05) is 0 Å². The normalized spacial score (nSPS) is 9.17. The number of methoxy groups -OCH3 is 1. The van der Waals surface area contributed by atoms with Crippen molar-refractivity contribution in [1.29, 1.82) is 5.26 Å². The molecule has 62 valence electrons. The molecule has 2 nitrogen and oxygen atoms in total. The smallest absolute Gasteiger partial charge is 0.142 e. The molecule has 0 fully saturated rings. The molecule has 0 saturated heterocycles. The van der Waals surface area contributed by atoms with Gasteiger partial charge >= 0.3 is 0 Å². The largest absolute Gasteiger partial charge is 0.496 e. The number of benzene rings is 1. The van der Waals surface area contributed by atoms with Crippen molar-refractivity contribution >= 4 is 12.6 Å². The Balaban J connectivity index is 3.36. The van der Waals surface area contributed by atoms with Gasteiger partial charge in [-0.2, -0.15) is 5.26 Å². The van der Waals surface area contributed by atoms with Gasteiger partial charge in [0.1, 0.15) is 23.2 Å². The highest BCUT2D eigenvalue weighted by Gasteiger charge is 2.09. The van der Waals surface area contributed by atoms with Crippen LogP contribution in [0, 0.1) is 17.1 Å². The van der Waals surface area contributed by atoms with Gasteiger partial charge in [-0.05, 0) is 12.1 Å². The molecule has 0 atom stereocenters. The highest BCUT2D eigenvalue weighted by atomic mass is 32.1. The van der Waals surface area contributed by atoms with E-state index in [0.29, 0.717) is 5.75 Å². The van der Waals surface area contributed by atoms with E-state index < -0.39 is 5.82 Å². The molecular formula is C8H6FNOS. The van der Waals surface area contributed by atoms with Gasteiger partial charge in [-0.15, -0.1) is 12.6 Å². The molecule has 0 radical (unpaired) electrons. The number of ether oxygens (including phenoxy) is 1. The van der Waals surface area contributed by atoms with Gasteiger partial charge in [0.05, 0.1) is 12.0 Å². The lowest BCUT2D eigenvalue weighted by Crippen LogP contribution is -1.91. The number of hydrogen-bond acceptors (Lipinski definition) is 3. The molecule has 0 aliphatic carbocycles. The van der Waals surface area contributed by atoms with Crippen LogP contribution in [0.25, 0.3) is 0 Å². The molecule has 0 spiro atoms. The number of hydrogen-bond donors (Lipinski definition) is 1. The van der Waals surface area contributed by atoms with Gasteiger partial charge in [0.25, 0.3) is 0 Å². The molecule has 1 aromatic rings. The zero-order valence-electron chi connectivity index (χ0n) is 6.34. The van der Waals surface area contributed by atoms with Crippen LogP contribution in [0.1, 0.15) is 5.56 Å². The van der Waals surface area contributed by atoms with E-state index in [4.69, 9.17) is 10.00 Å². The Morgan fingerprint density at radius 3 is 2.75 bits per heavy atom. The van der Waals surface area contributed by atoms with Crippen LogP contribution in [0.15, 0.2) is 17.0 Å². The van der Waals surface area contributed by atoms with E-state index in [-0.39, 0.29) is 10.5 Å². The van der Waals surface area contributed by atoms with Crippen LogP contribution in [0.2, 0.25) is 0 Å². The Bertz CT molecular complexity index is 346. The van der Waals surface area contributed by atoms with Crippen molar-refractivity contribution in [3.63, 3.8) is 0 Å². The summed E-state index contributed by atoms with van der Waals surface area (Å²) in [4.78, 5) is 0.236. The fourth-order valence-corrected chi connectivity index (χ4v) is 1.14. The average Bonchev–Trinajstić information content (AvgIpc) is 2.06. The van der Waals surface area contributed by atoms with Gasteiger partial charge in [-0.25, -0.2) is 4.39 Å². The van der Waals surface area contributed by atoms with Gasteiger partial charge in [0.2, 0.25) is 0 Å². The molecule has 0 N–H and O–H groups in total. The molecule has 0 saturated carbocycles. The monoisotopic (exact) mass is 183 g/mol. The highest BCUT2D eigenvalue weighted by molar-refractivity contribution is 7.80. The van der Waals surface area contributed by atoms with Crippen molar-refractivity contribution in [1.82, 2.24) is 0 Å². The predicted molar refractivity (Wildman–Crippen MR) is 44.9 cm³/mol. The highest BCUT2D eigenvalue weighted by Crippen LogP contribution is 2.27. The molecule has 4 heteroatoms. The lowest BCUT2D eigenvalue weighted by atomic mass is 10.2. The summed E-state index contributed by atoms with van der Waals surface area (Å²) in [6.45, 7) is 0. The Hall–Kier alpha value is -1.21. The second-order valence-electron chi connectivity index (χ2n) is 2.09. The Morgan fingerprint density at radius 1 is 1.58 bits per heavy atom. The van der Waals surface area contributed by atoms with Crippen LogP contribution >= 0.6 is 12.6 Å². The molecule has 0 aliphatic heterocycles. The second kappa shape index (κ2) is 3.46. The number of thiol groups is 1. The molecule has 0 unspecified atom stereocenters. The van der Waals surface area contributed by atoms with Crippen molar-refractivity contribution in [2.75, 3.05) is 7.11 Å². The quantitative estimate of drug-likeness (QED) is 0.675. The minimum atomic E-state index is -0.580. The topological polar surface area (TPSA) is 33.0 Å². The zero-order chi connectivity index (χ0) is 9.14. The first-order valence-electron chi connectivity index (χ1n) is 3.16. The standard InChI is InChI=1S/C8H6FNOS/c1-11-7-3-2-6(9)5(4-10)8(7)12/h2-3,12H,1H3. The summed E-state index contributed by atoms with van der Waals surface area (Å²) in [7, 11) is 1.44. The summed E-state index contributed by atoms with van der Waals surface area (Å²) >= 11 is 3.95. The van der Waals surface area contributed by atoms with Crippen LogP contribution in [0.3, 0.4) is 0 Å². The third kappa shape index (κ3) is 1.36. The van der Waals surface area contributed by atoms with Crippen molar-refractivity contribution in [2.45, 2.75) is 4.90 Å². The van der Waals surface area contributed by atoms with Crippen molar-refractivity contribution in [3.8, 4) is 11.8 Å². The van der Waals surface area contributed by atoms with Crippen LogP contribution in [0.4, 0.5) is 4.39 Å². The first-order chi connectivity index (χ1) is 5.70. The Kier molecular flexibility index (Phi) is 2.56. The molecule has 12 heavy (non-hydrogen) atoms. The number of nitriles is 1. The number of halogens is 1. The van der Waals surface area contributed by atoms with E-state index in [1.54, 1.807) is 6.07 Å². The van der Waals surface area contributed by atoms with E-state index in [1.807, 2.05) is 0 Å². The molecule has 1 rings (SSSR count). The second-order valence-corrected chi connectivity index (χ2v) is 2.53.